The zero-order valence-corrected chi connectivity index (χ0v) is 19.5. The molecule has 1 saturated carbocycles. The minimum Gasteiger partial charge on any atom is -0.344 e. The summed E-state index contributed by atoms with van der Waals surface area (Å²) in [6, 6.07) is 4.35. The summed E-state index contributed by atoms with van der Waals surface area (Å²) in [6.07, 6.45) is 4.90. The molecule has 0 spiro atoms. The van der Waals surface area contributed by atoms with Gasteiger partial charge < -0.3 is 15.2 Å². The Morgan fingerprint density at radius 1 is 1.09 bits per heavy atom. The van der Waals surface area contributed by atoms with Crippen LogP contribution in [0.15, 0.2) is 18.2 Å². The van der Waals surface area contributed by atoms with Gasteiger partial charge in [0, 0.05) is 23.5 Å². The van der Waals surface area contributed by atoms with Crippen LogP contribution in [-0.2, 0) is 11.3 Å². The summed E-state index contributed by atoms with van der Waals surface area (Å²) in [5.41, 5.74) is 2.18. The first-order chi connectivity index (χ1) is 15.1. The number of aryl methyl sites for hydroxylation is 1. The smallest absolute Gasteiger partial charge is 0.294 e. The number of carbonyl (C=O) groups is 3. The van der Waals surface area contributed by atoms with Crippen LogP contribution in [0.3, 0.4) is 0 Å². The van der Waals surface area contributed by atoms with Crippen LogP contribution in [-0.4, -0.2) is 27.7 Å². The number of aromatic nitrogens is 1. The number of benzene rings is 1. The zero-order valence-electron chi connectivity index (χ0n) is 19.5. The maximum Gasteiger partial charge on any atom is 0.294 e. The summed E-state index contributed by atoms with van der Waals surface area (Å²) < 4.78 is 15.3. The van der Waals surface area contributed by atoms with Crippen molar-refractivity contribution >= 4 is 23.3 Å². The average molecular weight is 442 g/mol. The predicted octanol–water partition coefficient (Wildman–Crippen LogP) is 4.85. The Balaban J connectivity index is 1.89. The number of hydrogen-bond acceptors (Lipinski definition) is 3. The summed E-state index contributed by atoms with van der Waals surface area (Å²) in [5, 5.41) is 5.73. The normalized spacial score (nSPS) is 15.3. The number of carbonyl (C=O) groups excluding carboxylic acids is 3. The van der Waals surface area contributed by atoms with Crippen molar-refractivity contribution in [3.05, 3.63) is 52.1 Å². The molecule has 1 aromatic carbocycles. The van der Waals surface area contributed by atoms with Crippen LogP contribution in [0.25, 0.3) is 0 Å². The van der Waals surface area contributed by atoms with Crippen molar-refractivity contribution in [2.45, 2.75) is 78.8 Å². The quantitative estimate of drug-likeness (QED) is 0.497. The Hall–Kier alpha value is -2.96. The molecule has 2 aromatic rings. The summed E-state index contributed by atoms with van der Waals surface area (Å²) in [7, 11) is 0. The molecule has 0 saturated heterocycles. The first-order valence-corrected chi connectivity index (χ1v) is 11.2. The molecule has 1 fully saturated rings. The number of hydrogen-bond donors (Lipinski definition) is 2. The Morgan fingerprint density at radius 3 is 2.34 bits per heavy atom. The fourth-order valence-corrected chi connectivity index (χ4v) is 4.73. The van der Waals surface area contributed by atoms with Gasteiger partial charge in [0.25, 0.3) is 17.6 Å². The number of halogens is 1. The molecule has 172 valence electrons. The highest BCUT2D eigenvalue weighted by molar-refractivity contribution is 6.43. The van der Waals surface area contributed by atoms with E-state index in [1.54, 1.807) is 31.4 Å². The largest absolute Gasteiger partial charge is 0.344 e. The van der Waals surface area contributed by atoms with E-state index in [0.717, 1.165) is 32.1 Å². The van der Waals surface area contributed by atoms with E-state index in [9.17, 15) is 18.8 Å². The second kappa shape index (κ2) is 9.27. The highest BCUT2D eigenvalue weighted by atomic mass is 19.1. The predicted molar refractivity (Wildman–Crippen MR) is 123 cm³/mol. The summed E-state index contributed by atoms with van der Waals surface area (Å²) in [6.45, 7) is 9.37. The molecule has 0 radical (unpaired) electrons. The van der Waals surface area contributed by atoms with E-state index in [0.29, 0.717) is 34.6 Å². The molecule has 1 aromatic heterocycles. The lowest BCUT2D eigenvalue weighted by atomic mass is 9.83. The van der Waals surface area contributed by atoms with Gasteiger partial charge in [-0.2, -0.15) is 0 Å². The van der Waals surface area contributed by atoms with Gasteiger partial charge in [-0.3, -0.25) is 14.4 Å². The fraction of sp³-hybridized carbons (Fsp3) is 0.480. The van der Waals surface area contributed by atoms with Gasteiger partial charge in [0.15, 0.2) is 0 Å². The molecular weight excluding hydrogens is 409 g/mol. The van der Waals surface area contributed by atoms with E-state index in [2.05, 4.69) is 10.6 Å². The van der Waals surface area contributed by atoms with Gasteiger partial charge in [0.1, 0.15) is 5.82 Å². The second-order valence-electron chi connectivity index (χ2n) is 9.00. The van der Waals surface area contributed by atoms with Crippen LogP contribution in [0, 0.1) is 26.6 Å². The van der Waals surface area contributed by atoms with Crippen molar-refractivity contribution in [3.63, 3.8) is 0 Å². The van der Waals surface area contributed by atoms with E-state index < -0.39 is 17.6 Å². The molecule has 1 heterocycles. The Bertz CT molecular complexity index is 1060. The summed E-state index contributed by atoms with van der Waals surface area (Å²) >= 11 is 0. The molecule has 0 atom stereocenters. The fourth-order valence-electron chi connectivity index (χ4n) is 4.73. The molecular formula is C25H32FN3O3. The maximum absolute atomic E-state index is 13.6. The van der Waals surface area contributed by atoms with Crippen LogP contribution in [0.4, 0.5) is 10.1 Å². The van der Waals surface area contributed by atoms with Crippen molar-refractivity contribution in [2.75, 3.05) is 5.32 Å². The molecule has 6 nitrogen and oxygen atoms in total. The first kappa shape index (κ1) is 23.7. The molecule has 7 heteroatoms. The third-order valence-corrected chi connectivity index (χ3v) is 6.52. The maximum atomic E-state index is 13.6. The molecule has 32 heavy (non-hydrogen) atoms. The van der Waals surface area contributed by atoms with Gasteiger partial charge in [0.05, 0.1) is 11.3 Å². The topological polar surface area (TPSA) is 80.2 Å². The Kier molecular flexibility index (Phi) is 6.86. The molecule has 3 rings (SSSR count). The number of rotatable bonds is 6. The van der Waals surface area contributed by atoms with Crippen molar-refractivity contribution in [1.82, 2.24) is 9.88 Å². The van der Waals surface area contributed by atoms with E-state index in [1.165, 1.54) is 12.1 Å². The highest BCUT2D eigenvalue weighted by Crippen LogP contribution is 2.29. The number of Topliss-reactive ketones (excluding diaryl/α,β-unsaturated/α-hetero) is 1. The lowest BCUT2D eigenvalue weighted by Crippen LogP contribution is -2.50. The second-order valence-corrected chi connectivity index (χ2v) is 9.00. The van der Waals surface area contributed by atoms with Gasteiger partial charge in [-0.1, -0.05) is 19.3 Å². The number of nitrogens with one attached hydrogen (secondary N) is 2. The summed E-state index contributed by atoms with van der Waals surface area (Å²) in [5.74, 6) is -2.01. The number of ketones is 1. The molecule has 0 aliphatic heterocycles. The standard InChI is InChI=1S/C25H32FN3O3/c1-6-29-17(4)20(23(31)27-18-10-11-19(26)15(2)14-18)16(3)21(29)22(30)24(32)28-25(5)12-8-7-9-13-25/h10-11,14H,6-9,12-13H2,1-5H3,(H,27,31)(H,28,32). The van der Waals surface area contributed by atoms with Gasteiger partial charge in [-0.15, -0.1) is 0 Å². The number of amides is 2. The Morgan fingerprint density at radius 2 is 1.75 bits per heavy atom. The third kappa shape index (κ3) is 4.61. The molecule has 0 unspecified atom stereocenters. The summed E-state index contributed by atoms with van der Waals surface area (Å²) in [4.78, 5) is 39.1. The first-order valence-electron chi connectivity index (χ1n) is 11.2. The SMILES string of the molecule is CCn1c(C)c(C(=O)Nc2ccc(F)c(C)c2)c(C)c1C(=O)C(=O)NC1(C)CCCCC1. The van der Waals surface area contributed by atoms with E-state index in [1.807, 2.05) is 13.8 Å². The number of anilines is 1. The molecule has 2 N–H and O–H groups in total. The van der Waals surface area contributed by atoms with Crippen LogP contribution < -0.4 is 10.6 Å². The Labute approximate surface area is 188 Å². The van der Waals surface area contributed by atoms with E-state index >= 15 is 0 Å². The van der Waals surface area contributed by atoms with Crippen molar-refractivity contribution < 1.29 is 18.8 Å². The minimum absolute atomic E-state index is 0.238. The average Bonchev–Trinajstić information content (AvgIpc) is 2.99. The van der Waals surface area contributed by atoms with Gasteiger partial charge in [-0.05, 0) is 76.8 Å². The van der Waals surface area contributed by atoms with Gasteiger partial charge >= 0.3 is 0 Å². The monoisotopic (exact) mass is 441 g/mol. The van der Waals surface area contributed by atoms with E-state index in [-0.39, 0.29) is 17.1 Å². The van der Waals surface area contributed by atoms with Crippen LogP contribution in [0.1, 0.15) is 83.6 Å². The third-order valence-electron chi connectivity index (χ3n) is 6.52. The number of nitrogens with zero attached hydrogens (tertiary/aromatic N) is 1. The van der Waals surface area contributed by atoms with Crippen molar-refractivity contribution in [3.8, 4) is 0 Å². The molecule has 0 bridgehead atoms. The lowest BCUT2D eigenvalue weighted by Gasteiger charge is -2.34. The molecule has 1 aliphatic rings. The van der Waals surface area contributed by atoms with Crippen LogP contribution >= 0.6 is 0 Å². The zero-order chi connectivity index (χ0) is 23.6. The highest BCUT2D eigenvalue weighted by Gasteiger charge is 2.34. The molecule has 1 aliphatic carbocycles. The van der Waals surface area contributed by atoms with Crippen molar-refractivity contribution in [2.24, 2.45) is 0 Å². The van der Waals surface area contributed by atoms with Crippen LogP contribution in [0.2, 0.25) is 0 Å². The van der Waals surface area contributed by atoms with Crippen molar-refractivity contribution in [1.29, 1.82) is 0 Å². The van der Waals surface area contributed by atoms with E-state index in [4.69, 9.17) is 0 Å². The van der Waals surface area contributed by atoms with Crippen LogP contribution in [0.5, 0.6) is 0 Å². The van der Waals surface area contributed by atoms with Gasteiger partial charge in [0.2, 0.25) is 0 Å². The molecule has 2 amide bonds. The lowest BCUT2D eigenvalue weighted by molar-refractivity contribution is -0.119. The minimum atomic E-state index is -0.634. The van der Waals surface area contributed by atoms with Gasteiger partial charge in [-0.25, -0.2) is 4.39 Å².